The summed E-state index contributed by atoms with van der Waals surface area (Å²) in [6.45, 7) is 14.8. The average molecular weight is 527 g/mol. The van der Waals surface area contributed by atoms with E-state index in [-0.39, 0.29) is 11.0 Å². The zero-order valence-electron chi connectivity index (χ0n) is 24.8. The van der Waals surface area contributed by atoms with Gasteiger partial charge in [0.1, 0.15) is 0 Å². The highest BCUT2D eigenvalue weighted by Crippen LogP contribution is 2.43. The molecule has 0 heterocycles. The van der Waals surface area contributed by atoms with Crippen LogP contribution in [0.1, 0.15) is 123 Å². The molecule has 0 saturated heterocycles. The zero-order valence-corrected chi connectivity index (χ0v) is 25.8. The minimum atomic E-state index is -3.17. The molecule has 1 aromatic rings. The van der Waals surface area contributed by atoms with E-state index in [1.807, 2.05) is 0 Å². The van der Waals surface area contributed by atoms with Gasteiger partial charge in [-0.25, -0.2) is 0 Å². The summed E-state index contributed by atoms with van der Waals surface area (Å²) in [5, 5.41) is 0. The predicted octanol–water partition coefficient (Wildman–Crippen LogP) is 10.2. The molecule has 0 amide bonds. The molecule has 37 heavy (non-hydrogen) atoms. The number of hydrogen-bond donors (Lipinski definition) is 2. The minimum Gasteiger partial charge on any atom is -0.411 e. The normalized spacial score (nSPS) is 15.3. The first-order valence-electron chi connectivity index (χ1n) is 15.2. The lowest BCUT2D eigenvalue weighted by molar-refractivity contribution is 0.264. The van der Waals surface area contributed by atoms with Crippen molar-refractivity contribution >= 4 is 8.56 Å². The largest absolute Gasteiger partial charge is 0.411 e. The van der Waals surface area contributed by atoms with Crippen LogP contribution in [0.5, 0.6) is 0 Å². The van der Waals surface area contributed by atoms with E-state index >= 15 is 0 Å². The Labute approximate surface area is 231 Å². The predicted molar refractivity (Wildman–Crippen MR) is 166 cm³/mol. The van der Waals surface area contributed by atoms with E-state index in [0.717, 1.165) is 64.2 Å². The Morgan fingerprint density at radius 3 is 2.16 bits per heavy atom. The lowest BCUT2D eigenvalue weighted by Gasteiger charge is -2.36. The Kier molecular flexibility index (Phi) is 17.0. The van der Waals surface area contributed by atoms with Crippen molar-refractivity contribution in [2.45, 2.75) is 129 Å². The van der Waals surface area contributed by atoms with Crippen LogP contribution in [0.4, 0.5) is 0 Å². The van der Waals surface area contributed by atoms with Gasteiger partial charge in [0, 0.05) is 5.54 Å². The lowest BCUT2D eigenvalue weighted by Crippen LogP contribution is -2.39. The van der Waals surface area contributed by atoms with Gasteiger partial charge in [-0.2, -0.15) is 0 Å². The van der Waals surface area contributed by atoms with Gasteiger partial charge in [-0.1, -0.05) is 114 Å². The summed E-state index contributed by atoms with van der Waals surface area (Å²) in [4.78, 5) is 21.3. The van der Waals surface area contributed by atoms with Crippen LogP contribution in [0.15, 0.2) is 67.3 Å². The fraction of sp³-hybridized carbons (Fsp3) is 0.647. The summed E-state index contributed by atoms with van der Waals surface area (Å²) in [6.07, 6.45) is 25.7. The molecule has 0 fully saturated rings. The maximum Gasteiger partial charge on any atom is 0.332 e. The van der Waals surface area contributed by atoms with E-state index in [1.54, 1.807) is 6.55 Å². The first-order chi connectivity index (χ1) is 17.7. The third-order valence-electron chi connectivity index (χ3n) is 8.40. The summed E-state index contributed by atoms with van der Waals surface area (Å²) < 4.78 is 0. The summed E-state index contributed by atoms with van der Waals surface area (Å²) in [5.41, 5.74) is 1.52. The summed E-state index contributed by atoms with van der Waals surface area (Å²) in [6, 6.07) is 10.9. The Morgan fingerprint density at radius 1 is 0.892 bits per heavy atom. The molecule has 3 heteroatoms. The molecule has 2 nitrogen and oxygen atoms in total. The molecule has 0 spiro atoms. The number of allylic oxidation sites excluding steroid dienone is 5. The van der Waals surface area contributed by atoms with Crippen molar-refractivity contribution in [2.24, 2.45) is 11.3 Å². The standard InChI is InChI=1S/C34H58O2Si/c1-7-12-14-17-25-32(31-23-18-15-19-24-31)28-30(9-3)22-20-21-27-34(10-4,11-5)29-33(37(6,35)36)26-16-13-8-2/h9,14-15,17-19,21,23-24,27,30,32-33,35-36H,3,7-8,10-13,16,20,22,25-26,28-29H2,1-2,4-6H3/b17-14+,27-21+. The molecular formula is C34H58O2Si. The van der Waals surface area contributed by atoms with Crippen molar-refractivity contribution in [1.82, 2.24) is 0 Å². The smallest absolute Gasteiger partial charge is 0.332 e. The van der Waals surface area contributed by atoms with Crippen LogP contribution < -0.4 is 0 Å². The number of benzene rings is 1. The van der Waals surface area contributed by atoms with Gasteiger partial charge in [-0.05, 0) is 87.1 Å². The number of rotatable bonds is 21. The SMILES string of the molecule is C=CC(CC/C=C/C(CC)(CC)CC(CCCCC)[Si](C)(O)O)CC(C/C=C/CCC)c1ccccc1. The van der Waals surface area contributed by atoms with E-state index in [2.05, 4.69) is 95.0 Å². The molecule has 3 unspecified atom stereocenters. The molecule has 210 valence electrons. The van der Waals surface area contributed by atoms with Gasteiger partial charge in [0.25, 0.3) is 0 Å². The van der Waals surface area contributed by atoms with Crippen molar-refractivity contribution in [3.05, 3.63) is 72.9 Å². The first kappa shape index (κ1) is 33.6. The lowest BCUT2D eigenvalue weighted by atomic mass is 9.76. The van der Waals surface area contributed by atoms with Crippen molar-refractivity contribution in [3.63, 3.8) is 0 Å². The molecule has 2 N–H and O–H groups in total. The van der Waals surface area contributed by atoms with Crippen molar-refractivity contribution in [2.75, 3.05) is 0 Å². The third-order valence-corrected chi connectivity index (χ3v) is 10.4. The number of unbranched alkanes of at least 4 members (excludes halogenated alkanes) is 3. The first-order valence-corrected chi connectivity index (χ1v) is 17.7. The number of hydrogen-bond acceptors (Lipinski definition) is 2. The topological polar surface area (TPSA) is 40.5 Å². The highest BCUT2D eigenvalue weighted by atomic mass is 28.4. The minimum absolute atomic E-state index is 0.0388. The Morgan fingerprint density at radius 2 is 1.59 bits per heavy atom. The Balaban J connectivity index is 2.84. The molecular weight excluding hydrogens is 468 g/mol. The fourth-order valence-electron chi connectivity index (χ4n) is 5.52. The second kappa shape index (κ2) is 18.8. The highest BCUT2D eigenvalue weighted by Gasteiger charge is 2.38. The fourth-order valence-corrected chi connectivity index (χ4v) is 7.07. The van der Waals surface area contributed by atoms with Crippen molar-refractivity contribution in [1.29, 1.82) is 0 Å². The molecule has 0 radical (unpaired) electrons. The zero-order chi connectivity index (χ0) is 27.6. The molecule has 0 aliphatic heterocycles. The van der Waals surface area contributed by atoms with E-state index in [0.29, 0.717) is 11.8 Å². The van der Waals surface area contributed by atoms with Crippen LogP contribution in [0, 0.1) is 11.3 Å². The van der Waals surface area contributed by atoms with Gasteiger partial charge in [-0.3, -0.25) is 0 Å². The van der Waals surface area contributed by atoms with Crippen molar-refractivity contribution < 1.29 is 9.59 Å². The van der Waals surface area contributed by atoms with Crippen LogP contribution in [-0.4, -0.2) is 18.2 Å². The molecule has 0 saturated carbocycles. The van der Waals surface area contributed by atoms with E-state index < -0.39 is 8.56 Å². The summed E-state index contributed by atoms with van der Waals surface area (Å²) in [7, 11) is -3.17. The Hall–Kier alpha value is -1.42. The van der Waals surface area contributed by atoms with Gasteiger partial charge >= 0.3 is 8.56 Å². The molecule has 0 bridgehead atoms. The van der Waals surface area contributed by atoms with Crippen LogP contribution in [-0.2, 0) is 0 Å². The van der Waals surface area contributed by atoms with Gasteiger partial charge < -0.3 is 9.59 Å². The van der Waals surface area contributed by atoms with E-state index in [4.69, 9.17) is 0 Å². The highest BCUT2D eigenvalue weighted by molar-refractivity contribution is 6.64. The van der Waals surface area contributed by atoms with Gasteiger partial charge in [0.2, 0.25) is 0 Å². The average Bonchev–Trinajstić information content (AvgIpc) is 2.90. The molecule has 0 aliphatic rings. The monoisotopic (exact) mass is 526 g/mol. The van der Waals surface area contributed by atoms with E-state index in [9.17, 15) is 9.59 Å². The van der Waals surface area contributed by atoms with Gasteiger partial charge in [0.15, 0.2) is 0 Å². The van der Waals surface area contributed by atoms with Crippen LogP contribution >= 0.6 is 0 Å². The van der Waals surface area contributed by atoms with Crippen LogP contribution in [0.2, 0.25) is 12.1 Å². The molecule has 1 aromatic carbocycles. The van der Waals surface area contributed by atoms with Crippen LogP contribution in [0.3, 0.4) is 0 Å². The second-order valence-electron chi connectivity index (χ2n) is 11.4. The van der Waals surface area contributed by atoms with Crippen LogP contribution in [0.25, 0.3) is 0 Å². The molecule has 3 atom stereocenters. The third kappa shape index (κ3) is 13.3. The van der Waals surface area contributed by atoms with Crippen molar-refractivity contribution in [3.8, 4) is 0 Å². The summed E-state index contributed by atoms with van der Waals surface area (Å²) in [5.74, 6) is 1.01. The maximum atomic E-state index is 10.6. The van der Waals surface area contributed by atoms with E-state index in [1.165, 1.54) is 24.8 Å². The van der Waals surface area contributed by atoms with Gasteiger partial charge in [-0.15, -0.1) is 6.58 Å². The quantitative estimate of drug-likeness (QED) is 0.0950. The molecule has 0 aromatic heterocycles. The summed E-state index contributed by atoms with van der Waals surface area (Å²) >= 11 is 0. The Bertz CT molecular complexity index is 758. The van der Waals surface area contributed by atoms with Gasteiger partial charge in [0.05, 0.1) is 0 Å². The second-order valence-corrected chi connectivity index (χ2v) is 14.4. The molecule has 0 aliphatic carbocycles. The molecule has 1 rings (SSSR count). The maximum absolute atomic E-state index is 10.6.